The van der Waals surface area contributed by atoms with Crippen LogP contribution in [0.25, 0.3) is 0 Å². The summed E-state index contributed by atoms with van der Waals surface area (Å²) in [5, 5.41) is 0. The summed E-state index contributed by atoms with van der Waals surface area (Å²) < 4.78 is 0. The standard InChI is InChI=1S/C12H20O/c1-11(13)7-5-6-10-12-8-3-2-4-9-12/h5,7,12H,2-4,6,8-10H2,1H3/b7-5+. The van der Waals surface area contributed by atoms with Gasteiger partial charge in [0.2, 0.25) is 0 Å². The summed E-state index contributed by atoms with van der Waals surface area (Å²) >= 11 is 0. The molecule has 0 amide bonds. The molecule has 1 aliphatic rings. The first kappa shape index (κ1) is 10.5. The normalized spacial score (nSPS) is 19.5. The van der Waals surface area contributed by atoms with Gasteiger partial charge in [0.25, 0.3) is 0 Å². The SMILES string of the molecule is CC(=O)/C=C/CCC1CCCCC1. The lowest BCUT2D eigenvalue weighted by molar-refractivity contribution is -0.112. The number of carbonyl (C=O) groups is 1. The van der Waals surface area contributed by atoms with Crippen LogP contribution < -0.4 is 0 Å². The Labute approximate surface area is 81.2 Å². The first-order valence-corrected chi connectivity index (χ1v) is 5.46. The topological polar surface area (TPSA) is 17.1 Å². The van der Waals surface area contributed by atoms with Crippen LogP contribution in [0.15, 0.2) is 12.2 Å². The molecule has 1 saturated carbocycles. The predicted molar refractivity (Wildman–Crippen MR) is 55.6 cm³/mol. The van der Waals surface area contributed by atoms with Gasteiger partial charge in [-0.2, -0.15) is 0 Å². The Morgan fingerprint density at radius 2 is 2.00 bits per heavy atom. The molecule has 0 radical (unpaired) electrons. The van der Waals surface area contributed by atoms with Crippen molar-refractivity contribution >= 4 is 5.78 Å². The Morgan fingerprint density at radius 3 is 2.62 bits per heavy atom. The monoisotopic (exact) mass is 180 g/mol. The minimum Gasteiger partial charge on any atom is -0.295 e. The lowest BCUT2D eigenvalue weighted by atomic mass is 9.86. The van der Waals surface area contributed by atoms with Gasteiger partial charge in [0.05, 0.1) is 0 Å². The van der Waals surface area contributed by atoms with E-state index in [0.717, 1.165) is 12.3 Å². The first-order valence-electron chi connectivity index (χ1n) is 5.46. The van der Waals surface area contributed by atoms with Crippen LogP contribution in [-0.2, 0) is 4.79 Å². The molecule has 13 heavy (non-hydrogen) atoms. The molecule has 0 atom stereocenters. The number of allylic oxidation sites excluding steroid dienone is 2. The second-order valence-corrected chi connectivity index (χ2v) is 4.09. The Balaban J connectivity index is 2.07. The second-order valence-electron chi connectivity index (χ2n) is 4.09. The summed E-state index contributed by atoms with van der Waals surface area (Å²) in [7, 11) is 0. The van der Waals surface area contributed by atoms with E-state index < -0.39 is 0 Å². The van der Waals surface area contributed by atoms with Gasteiger partial charge in [-0.25, -0.2) is 0 Å². The summed E-state index contributed by atoms with van der Waals surface area (Å²) in [5.74, 6) is 1.11. The minimum atomic E-state index is 0.170. The zero-order chi connectivity index (χ0) is 9.52. The maximum Gasteiger partial charge on any atom is 0.152 e. The van der Waals surface area contributed by atoms with Crippen molar-refractivity contribution in [3.63, 3.8) is 0 Å². The van der Waals surface area contributed by atoms with Crippen LogP contribution in [0.1, 0.15) is 51.9 Å². The third-order valence-electron chi connectivity index (χ3n) is 2.82. The van der Waals surface area contributed by atoms with Crippen molar-refractivity contribution < 1.29 is 4.79 Å². The van der Waals surface area contributed by atoms with Gasteiger partial charge in [0.1, 0.15) is 0 Å². The van der Waals surface area contributed by atoms with Crippen LogP contribution in [0.4, 0.5) is 0 Å². The Hall–Kier alpha value is -0.590. The number of carbonyl (C=O) groups excluding carboxylic acids is 1. The van der Waals surface area contributed by atoms with Crippen molar-refractivity contribution in [1.82, 2.24) is 0 Å². The lowest BCUT2D eigenvalue weighted by Gasteiger charge is -2.20. The summed E-state index contributed by atoms with van der Waals surface area (Å²) in [6, 6.07) is 0. The Morgan fingerprint density at radius 1 is 1.31 bits per heavy atom. The molecule has 74 valence electrons. The van der Waals surface area contributed by atoms with Gasteiger partial charge in [-0.3, -0.25) is 4.79 Å². The summed E-state index contributed by atoms with van der Waals surface area (Å²) in [5.41, 5.74) is 0. The molecule has 1 fully saturated rings. The average Bonchev–Trinajstić information content (AvgIpc) is 2.14. The highest BCUT2D eigenvalue weighted by atomic mass is 16.1. The molecule has 0 heterocycles. The molecule has 1 nitrogen and oxygen atoms in total. The molecule has 0 aliphatic heterocycles. The van der Waals surface area contributed by atoms with E-state index in [1.165, 1.54) is 38.5 Å². The molecule has 0 aromatic heterocycles. The van der Waals surface area contributed by atoms with Crippen LogP contribution in [0.3, 0.4) is 0 Å². The highest BCUT2D eigenvalue weighted by Gasteiger charge is 2.11. The molecule has 0 saturated heterocycles. The van der Waals surface area contributed by atoms with Crippen molar-refractivity contribution in [3.05, 3.63) is 12.2 Å². The smallest absolute Gasteiger partial charge is 0.152 e. The Kier molecular flexibility index (Phi) is 4.81. The molecule has 0 aromatic carbocycles. The number of hydrogen-bond donors (Lipinski definition) is 0. The fraction of sp³-hybridized carbons (Fsp3) is 0.750. The van der Waals surface area contributed by atoms with Crippen LogP contribution in [-0.4, -0.2) is 5.78 Å². The van der Waals surface area contributed by atoms with Gasteiger partial charge in [-0.05, 0) is 31.8 Å². The van der Waals surface area contributed by atoms with Gasteiger partial charge in [-0.1, -0.05) is 38.2 Å². The van der Waals surface area contributed by atoms with E-state index in [4.69, 9.17) is 0 Å². The van der Waals surface area contributed by atoms with Gasteiger partial charge < -0.3 is 0 Å². The van der Waals surface area contributed by atoms with Gasteiger partial charge >= 0.3 is 0 Å². The molecular formula is C12H20O. The fourth-order valence-electron chi connectivity index (χ4n) is 2.06. The third-order valence-corrected chi connectivity index (χ3v) is 2.82. The van der Waals surface area contributed by atoms with E-state index >= 15 is 0 Å². The maximum atomic E-state index is 10.6. The van der Waals surface area contributed by atoms with Crippen molar-refractivity contribution in [3.8, 4) is 0 Å². The summed E-state index contributed by atoms with van der Waals surface area (Å²) in [6.07, 6.45) is 13.2. The van der Waals surface area contributed by atoms with Crippen LogP contribution in [0, 0.1) is 5.92 Å². The predicted octanol–water partition coefficient (Wildman–Crippen LogP) is 3.49. The molecule has 0 aromatic rings. The van der Waals surface area contributed by atoms with Crippen molar-refractivity contribution in [1.29, 1.82) is 0 Å². The molecule has 0 spiro atoms. The van der Waals surface area contributed by atoms with Crippen LogP contribution >= 0.6 is 0 Å². The average molecular weight is 180 g/mol. The lowest BCUT2D eigenvalue weighted by Crippen LogP contribution is -2.05. The third kappa shape index (κ3) is 4.87. The van der Waals surface area contributed by atoms with E-state index in [1.807, 2.05) is 6.08 Å². The molecule has 1 aliphatic carbocycles. The van der Waals surface area contributed by atoms with Crippen LogP contribution in [0.5, 0.6) is 0 Å². The van der Waals surface area contributed by atoms with Gasteiger partial charge in [0.15, 0.2) is 5.78 Å². The Bertz CT molecular complexity index is 176. The first-order chi connectivity index (χ1) is 6.29. The summed E-state index contributed by atoms with van der Waals surface area (Å²) in [6.45, 7) is 1.61. The molecule has 0 bridgehead atoms. The van der Waals surface area contributed by atoms with Gasteiger partial charge in [-0.15, -0.1) is 0 Å². The van der Waals surface area contributed by atoms with Crippen molar-refractivity contribution in [2.24, 2.45) is 5.92 Å². The number of rotatable bonds is 4. The fourth-order valence-corrected chi connectivity index (χ4v) is 2.06. The van der Waals surface area contributed by atoms with Gasteiger partial charge in [0, 0.05) is 0 Å². The molecule has 1 rings (SSSR count). The molecular weight excluding hydrogens is 160 g/mol. The number of hydrogen-bond acceptors (Lipinski definition) is 1. The zero-order valence-corrected chi connectivity index (χ0v) is 8.59. The summed E-state index contributed by atoms with van der Waals surface area (Å²) in [4.78, 5) is 10.6. The van der Waals surface area contributed by atoms with Crippen molar-refractivity contribution in [2.45, 2.75) is 51.9 Å². The highest BCUT2D eigenvalue weighted by Crippen LogP contribution is 2.27. The second kappa shape index (κ2) is 5.95. The minimum absolute atomic E-state index is 0.170. The highest BCUT2D eigenvalue weighted by molar-refractivity contribution is 5.87. The maximum absolute atomic E-state index is 10.6. The zero-order valence-electron chi connectivity index (χ0n) is 8.59. The number of ketones is 1. The van der Waals surface area contributed by atoms with E-state index in [2.05, 4.69) is 0 Å². The quantitative estimate of drug-likeness (QED) is 0.605. The molecule has 1 heteroatoms. The molecule has 0 unspecified atom stereocenters. The van der Waals surface area contributed by atoms with Crippen molar-refractivity contribution in [2.75, 3.05) is 0 Å². The van der Waals surface area contributed by atoms with E-state index in [1.54, 1.807) is 13.0 Å². The van der Waals surface area contributed by atoms with E-state index in [-0.39, 0.29) is 5.78 Å². The molecule has 0 N–H and O–H groups in total. The van der Waals surface area contributed by atoms with E-state index in [9.17, 15) is 4.79 Å². The largest absolute Gasteiger partial charge is 0.295 e. The van der Waals surface area contributed by atoms with Crippen LogP contribution in [0.2, 0.25) is 0 Å². The van der Waals surface area contributed by atoms with E-state index in [0.29, 0.717) is 0 Å².